The van der Waals surface area contributed by atoms with Crippen LogP contribution in [0.1, 0.15) is 33.6 Å². The van der Waals surface area contributed by atoms with Crippen LogP contribution < -0.4 is 5.43 Å². The zero-order chi connectivity index (χ0) is 16.5. The Bertz CT molecular complexity index is 654. The van der Waals surface area contributed by atoms with Crippen molar-refractivity contribution in [1.29, 1.82) is 0 Å². The van der Waals surface area contributed by atoms with E-state index >= 15 is 0 Å². The van der Waals surface area contributed by atoms with E-state index < -0.39 is 9.85 Å². The third-order valence-electron chi connectivity index (χ3n) is 3.80. The predicted molar refractivity (Wildman–Crippen MR) is 83.0 cm³/mol. The van der Waals surface area contributed by atoms with E-state index in [9.17, 15) is 20.2 Å². The minimum absolute atomic E-state index is 0.153. The van der Waals surface area contributed by atoms with E-state index in [1.54, 1.807) is 0 Å². The summed E-state index contributed by atoms with van der Waals surface area (Å²) < 4.78 is 0. The lowest BCUT2D eigenvalue weighted by Crippen LogP contribution is -2.07. The van der Waals surface area contributed by atoms with E-state index in [4.69, 9.17) is 0 Å². The minimum atomic E-state index is -0.662. The Labute approximate surface area is 127 Å². The zero-order valence-electron chi connectivity index (χ0n) is 12.7. The summed E-state index contributed by atoms with van der Waals surface area (Å²) in [6, 6.07) is 3.47. The maximum Gasteiger partial charge on any atom is 0.301 e. The van der Waals surface area contributed by atoms with E-state index in [2.05, 4.69) is 31.3 Å². The molecule has 1 fully saturated rings. The molecule has 0 unspecified atom stereocenters. The molecule has 1 atom stereocenters. The van der Waals surface area contributed by atoms with E-state index in [1.807, 2.05) is 0 Å². The van der Waals surface area contributed by atoms with Crippen LogP contribution in [0.4, 0.5) is 17.1 Å². The number of benzene rings is 1. The Hall–Kier alpha value is -2.51. The summed E-state index contributed by atoms with van der Waals surface area (Å²) in [7, 11) is 0. The van der Waals surface area contributed by atoms with Crippen molar-refractivity contribution < 1.29 is 9.85 Å². The molecule has 0 amide bonds. The first kappa shape index (κ1) is 15.9. The molecule has 1 aliphatic carbocycles. The van der Waals surface area contributed by atoms with Crippen molar-refractivity contribution in [3.05, 3.63) is 38.4 Å². The molecule has 1 N–H and O–H groups in total. The Morgan fingerprint density at radius 2 is 1.95 bits per heavy atom. The minimum Gasteiger partial charge on any atom is -0.272 e. The Morgan fingerprint density at radius 3 is 2.45 bits per heavy atom. The summed E-state index contributed by atoms with van der Waals surface area (Å²) >= 11 is 0. The van der Waals surface area contributed by atoms with Gasteiger partial charge in [-0.25, -0.2) is 0 Å². The molecular weight excluding hydrogens is 288 g/mol. The van der Waals surface area contributed by atoms with Crippen molar-refractivity contribution in [1.82, 2.24) is 0 Å². The molecule has 2 rings (SSSR count). The van der Waals surface area contributed by atoms with Gasteiger partial charge in [0.15, 0.2) is 0 Å². The lowest BCUT2D eigenvalue weighted by molar-refractivity contribution is -0.393. The first-order valence-corrected chi connectivity index (χ1v) is 6.95. The van der Waals surface area contributed by atoms with Crippen LogP contribution in [0, 0.1) is 31.6 Å². The summed E-state index contributed by atoms with van der Waals surface area (Å²) in [5, 5.41) is 26.0. The fourth-order valence-electron chi connectivity index (χ4n) is 2.84. The highest BCUT2D eigenvalue weighted by Crippen LogP contribution is 2.39. The maximum atomic E-state index is 11.1. The van der Waals surface area contributed by atoms with E-state index in [-0.39, 0.29) is 22.5 Å². The molecule has 118 valence electrons. The first-order chi connectivity index (χ1) is 10.2. The molecule has 0 aliphatic heterocycles. The first-order valence-electron chi connectivity index (χ1n) is 6.95. The molecular formula is C14H18N4O4. The fraction of sp³-hybridized carbons (Fsp3) is 0.500. The van der Waals surface area contributed by atoms with Crippen LogP contribution in [0.2, 0.25) is 0 Å². The molecule has 0 spiro atoms. The summed E-state index contributed by atoms with van der Waals surface area (Å²) in [5.41, 5.74) is 3.29. The summed E-state index contributed by atoms with van der Waals surface area (Å²) in [6.45, 7) is 6.38. The molecule has 22 heavy (non-hydrogen) atoms. The van der Waals surface area contributed by atoms with Gasteiger partial charge in [0.25, 0.3) is 5.69 Å². The Balaban J connectivity index is 2.27. The number of non-ortho nitro benzene ring substituents is 1. The SMILES string of the molecule is C[C@@H]1CC(C)(C)CC1=NNc1ccc([N+](=O)[O-])cc1[N+](=O)[O-]. The van der Waals surface area contributed by atoms with Gasteiger partial charge in [0.1, 0.15) is 5.69 Å². The van der Waals surface area contributed by atoms with Gasteiger partial charge in [-0.3, -0.25) is 25.7 Å². The molecule has 0 heterocycles. The highest BCUT2D eigenvalue weighted by atomic mass is 16.6. The van der Waals surface area contributed by atoms with Gasteiger partial charge in [0, 0.05) is 11.8 Å². The standard InChI is InChI=1S/C14H18N4O4/c1-9-7-14(2,3)8-12(9)16-15-11-5-4-10(17(19)20)6-13(11)18(21)22/h4-6,9,15H,7-8H2,1-3H3/t9-/m1/s1. The zero-order valence-corrected chi connectivity index (χ0v) is 12.7. The highest BCUT2D eigenvalue weighted by molar-refractivity contribution is 5.90. The lowest BCUT2D eigenvalue weighted by Gasteiger charge is -2.14. The second kappa shape index (κ2) is 5.70. The van der Waals surface area contributed by atoms with Crippen molar-refractivity contribution >= 4 is 22.8 Å². The summed E-state index contributed by atoms with van der Waals surface area (Å²) in [4.78, 5) is 20.4. The number of hydrazone groups is 1. The normalized spacial score (nSPS) is 21.8. The molecule has 1 aromatic carbocycles. The monoisotopic (exact) mass is 306 g/mol. The molecule has 8 heteroatoms. The Morgan fingerprint density at radius 1 is 1.27 bits per heavy atom. The number of rotatable bonds is 4. The Kier molecular flexibility index (Phi) is 4.11. The molecule has 1 saturated carbocycles. The highest BCUT2D eigenvalue weighted by Gasteiger charge is 2.33. The summed E-state index contributed by atoms with van der Waals surface area (Å²) in [6.07, 6.45) is 1.83. The predicted octanol–water partition coefficient (Wildman–Crippen LogP) is 3.73. The quantitative estimate of drug-likeness (QED) is 0.673. The third kappa shape index (κ3) is 3.38. The van der Waals surface area contributed by atoms with Gasteiger partial charge in [-0.2, -0.15) is 5.10 Å². The summed E-state index contributed by atoms with van der Waals surface area (Å²) in [5.74, 6) is 0.305. The number of anilines is 1. The molecule has 0 aromatic heterocycles. The molecule has 8 nitrogen and oxygen atoms in total. The average Bonchev–Trinajstić information content (AvgIpc) is 2.68. The van der Waals surface area contributed by atoms with E-state index in [0.29, 0.717) is 5.92 Å². The van der Waals surface area contributed by atoms with Crippen LogP contribution in [0.15, 0.2) is 23.3 Å². The van der Waals surface area contributed by atoms with Crippen LogP contribution in [0.3, 0.4) is 0 Å². The largest absolute Gasteiger partial charge is 0.301 e. The number of nitrogens with zero attached hydrogens (tertiary/aromatic N) is 3. The van der Waals surface area contributed by atoms with E-state index in [0.717, 1.165) is 24.6 Å². The number of hydrogen-bond donors (Lipinski definition) is 1. The van der Waals surface area contributed by atoms with Gasteiger partial charge < -0.3 is 0 Å². The van der Waals surface area contributed by atoms with Crippen LogP contribution in [0.5, 0.6) is 0 Å². The van der Waals surface area contributed by atoms with Crippen LogP contribution in [-0.2, 0) is 0 Å². The van der Waals surface area contributed by atoms with Crippen LogP contribution in [0.25, 0.3) is 0 Å². The van der Waals surface area contributed by atoms with Gasteiger partial charge in [0.2, 0.25) is 0 Å². The van der Waals surface area contributed by atoms with Crippen molar-refractivity contribution in [3.63, 3.8) is 0 Å². The van der Waals surface area contributed by atoms with Gasteiger partial charge >= 0.3 is 5.69 Å². The van der Waals surface area contributed by atoms with Gasteiger partial charge in [0.05, 0.1) is 15.9 Å². The fourth-order valence-corrected chi connectivity index (χ4v) is 2.84. The van der Waals surface area contributed by atoms with Crippen molar-refractivity contribution in [2.75, 3.05) is 5.43 Å². The van der Waals surface area contributed by atoms with Gasteiger partial charge in [-0.05, 0) is 30.2 Å². The number of nitro groups is 2. The topological polar surface area (TPSA) is 111 Å². The molecule has 0 radical (unpaired) electrons. The second-order valence-electron chi connectivity index (χ2n) is 6.38. The van der Waals surface area contributed by atoms with Crippen molar-refractivity contribution in [3.8, 4) is 0 Å². The molecule has 1 aliphatic rings. The maximum absolute atomic E-state index is 11.1. The van der Waals surface area contributed by atoms with Crippen molar-refractivity contribution in [2.45, 2.75) is 33.6 Å². The second-order valence-corrected chi connectivity index (χ2v) is 6.38. The van der Waals surface area contributed by atoms with Gasteiger partial charge in [-0.15, -0.1) is 0 Å². The smallest absolute Gasteiger partial charge is 0.272 e. The third-order valence-corrected chi connectivity index (χ3v) is 3.80. The average molecular weight is 306 g/mol. The van der Waals surface area contributed by atoms with E-state index in [1.165, 1.54) is 12.1 Å². The number of hydrogen-bond acceptors (Lipinski definition) is 6. The van der Waals surface area contributed by atoms with Crippen molar-refractivity contribution in [2.24, 2.45) is 16.4 Å². The number of nitro benzene ring substituents is 2. The molecule has 0 bridgehead atoms. The molecule has 1 aromatic rings. The van der Waals surface area contributed by atoms with Crippen LogP contribution in [-0.4, -0.2) is 15.6 Å². The molecule has 0 saturated heterocycles. The lowest BCUT2D eigenvalue weighted by atomic mass is 9.91. The number of nitrogens with one attached hydrogen (secondary N) is 1. The van der Waals surface area contributed by atoms with Crippen LogP contribution >= 0.6 is 0 Å². The van der Waals surface area contributed by atoms with Gasteiger partial charge in [-0.1, -0.05) is 20.8 Å².